The molecule has 5 heteroatoms. The molecule has 0 fully saturated rings. The number of amides is 1. The van der Waals surface area contributed by atoms with Crippen LogP contribution in [0.4, 0.5) is 0 Å². The second-order valence-corrected chi connectivity index (χ2v) is 6.62. The van der Waals surface area contributed by atoms with Gasteiger partial charge in [-0.2, -0.15) is 0 Å². The van der Waals surface area contributed by atoms with Gasteiger partial charge in [-0.25, -0.2) is 9.97 Å². The number of rotatable bonds is 5. The Labute approximate surface area is 145 Å². The van der Waals surface area contributed by atoms with Crippen molar-refractivity contribution in [2.45, 2.75) is 25.4 Å². The molecule has 0 spiro atoms. The topological polar surface area (TPSA) is 54.9 Å². The molecule has 4 nitrogen and oxygen atoms in total. The number of benzene rings is 2. The van der Waals surface area contributed by atoms with E-state index in [-0.39, 0.29) is 5.91 Å². The van der Waals surface area contributed by atoms with E-state index < -0.39 is 0 Å². The van der Waals surface area contributed by atoms with E-state index in [1.54, 1.807) is 0 Å². The van der Waals surface area contributed by atoms with Gasteiger partial charge in [0.1, 0.15) is 5.03 Å². The maximum absolute atomic E-state index is 12.1. The van der Waals surface area contributed by atoms with Crippen LogP contribution in [0.5, 0.6) is 0 Å². The van der Waals surface area contributed by atoms with Crippen LogP contribution in [0, 0.1) is 13.8 Å². The first-order chi connectivity index (χ1) is 11.6. The minimum atomic E-state index is -0.00383. The van der Waals surface area contributed by atoms with Crippen LogP contribution in [0.25, 0.3) is 11.0 Å². The van der Waals surface area contributed by atoms with E-state index in [0.717, 1.165) is 27.3 Å². The van der Waals surface area contributed by atoms with E-state index in [4.69, 9.17) is 0 Å². The summed E-state index contributed by atoms with van der Waals surface area (Å²) < 4.78 is 0. The molecule has 122 valence electrons. The molecule has 0 saturated heterocycles. The number of nitrogens with one attached hydrogen (secondary N) is 1. The van der Waals surface area contributed by atoms with Gasteiger partial charge in [0.05, 0.1) is 22.5 Å². The number of hydrogen-bond acceptors (Lipinski definition) is 4. The predicted octanol–water partition coefficient (Wildman–Crippen LogP) is 3.66. The minimum absolute atomic E-state index is 0.00383. The van der Waals surface area contributed by atoms with Gasteiger partial charge in [-0.05, 0) is 31.5 Å². The van der Waals surface area contributed by atoms with E-state index in [1.807, 2.05) is 56.3 Å². The van der Waals surface area contributed by atoms with Crippen LogP contribution in [-0.2, 0) is 11.3 Å². The summed E-state index contributed by atoms with van der Waals surface area (Å²) in [5.74, 6) is 0.329. The van der Waals surface area contributed by atoms with E-state index in [9.17, 15) is 4.79 Å². The van der Waals surface area contributed by atoms with Crippen molar-refractivity contribution >= 4 is 28.7 Å². The van der Waals surface area contributed by atoms with E-state index in [2.05, 4.69) is 21.4 Å². The normalized spacial score (nSPS) is 10.8. The molecule has 1 aromatic heterocycles. The predicted molar refractivity (Wildman–Crippen MR) is 98.0 cm³/mol. The van der Waals surface area contributed by atoms with Crippen molar-refractivity contribution in [1.82, 2.24) is 15.3 Å². The number of fused-ring (bicyclic) bond motifs is 1. The average molecular weight is 337 g/mol. The van der Waals surface area contributed by atoms with Gasteiger partial charge in [0.15, 0.2) is 0 Å². The van der Waals surface area contributed by atoms with Crippen molar-refractivity contribution in [3.63, 3.8) is 0 Å². The number of thioether (sulfide) groups is 1. The molecule has 0 atom stereocenters. The SMILES string of the molecule is Cc1cccc(CNC(=O)CSc2nc3ccccc3nc2C)c1. The van der Waals surface area contributed by atoms with Gasteiger partial charge in [0.25, 0.3) is 0 Å². The summed E-state index contributed by atoms with van der Waals surface area (Å²) in [6.45, 7) is 4.51. The summed E-state index contributed by atoms with van der Waals surface area (Å²) >= 11 is 1.42. The third-order valence-corrected chi connectivity index (χ3v) is 4.68. The van der Waals surface area contributed by atoms with Crippen LogP contribution in [0.15, 0.2) is 53.6 Å². The first-order valence-corrected chi connectivity index (χ1v) is 8.79. The summed E-state index contributed by atoms with van der Waals surface area (Å²) in [4.78, 5) is 21.2. The number of carbonyl (C=O) groups excluding carboxylic acids is 1. The highest BCUT2D eigenvalue weighted by Gasteiger charge is 2.09. The Bertz CT molecular complexity index is 879. The largest absolute Gasteiger partial charge is 0.351 e. The van der Waals surface area contributed by atoms with Crippen molar-refractivity contribution in [3.8, 4) is 0 Å². The van der Waals surface area contributed by atoms with Crippen LogP contribution in [0.1, 0.15) is 16.8 Å². The van der Waals surface area contributed by atoms with Gasteiger partial charge in [0.2, 0.25) is 5.91 Å². The highest BCUT2D eigenvalue weighted by Crippen LogP contribution is 2.21. The molecule has 1 N–H and O–H groups in total. The van der Waals surface area contributed by atoms with Gasteiger partial charge in [-0.1, -0.05) is 53.7 Å². The van der Waals surface area contributed by atoms with Gasteiger partial charge in [0, 0.05) is 6.54 Å². The van der Waals surface area contributed by atoms with Crippen molar-refractivity contribution in [1.29, 1.82) is 0 Å². The molecule has 0 aliphatic carbocycles. The van der Waals surface area contributed by atoms with Gasteiger partial charge < -0.3 is 5.32 Å². The van der Waals surface area contributed by atoms with Gasteiger partial charge >= 0.3 is 0 Å². The molecule has 0 saturated carbocycles. The Kier molecular flexibility index (Phi) is 5.11. The van der Waals surface area contributed by atoms with Gasteiger partial charge in [-0.3, -0.25) is 4.79 Å². The zero-order valence-corrected chi connectivity index (χ0v) is 14.6. The van der Waals surface area contributed by atoms with Crippen LogP contribution < -0.4 is 5.32 Å². The second kappa shape index (κ2) is 7.45. The molecule has 1 amide bonds. The van der Waals surface area contributed by atoms with E-state index >= 15 is 0 Å². The number of carbonyl (C=O) groups is 1. The molecular weight excluding hydrogens is 318 g/mol. The fourth-order valence-corrected chi connectivity index (χ4v) is 3.20. The Balaban J connectivity index is 1.59. The molecule has 3 rings (SSSR count). The van der Waals surface area contributed by atoms with Crippen molar-refractivity contribution < 1.29 is 4.79 Å². The molecule has 2 aromatic carbocycles. The zero-order chi connectivity index (χ0) is 16.9. The lowest BCUT2D eigenvalue weighted by atomic mass is 10.1. The Morgan fingerprint density at radius 1 is 1.04 bits per heavy atom. The number of nitrogens with zero attached hydrogens (tertiary/aromatic N) is 2. The van der Waals surface area contributed by atoms with Crippen LogP contribution in [-0.4, -0.2) is 21.6 Å². The van der Waals surface area contributed by atoms with Crippen LogP contribution in [0.2, 0.25) is 0 Å². The summed E-state index contributed by atoms with van der Waals surface area (Å²) in [7, 11) is 0. The highest BCUT2D eigenvalue weighted by molar-refractivity contribution is 7.99. The molecule has 0 unspecified atom stereocenters. The smallest absolute Gasteiger partial charge is 0.230 e. The quantitative estimate of drug-likeness (QED) is 0.722. The van der Waals surface area contributed by atoms with Crippen molar-refractivity contribution in [2.75, 3.05) is 5.75 Å². The third-order valence-electron chi connectivity index (χ3n) is 3.61. The minimum Gasteiger partial charge on any atom is -0.351 e. The lowest BCUT2D eigenvalue weighted by molar-refractivity contribution is -0.118. The van der Waals surface area contributed by atoms with Crippen LogP contribution >= 0.6 is 11.8 Å². The average Bonchev–Trinajstić information content (AvgIpc) is 2.58. The van der Waals surface area contributed by atoms with Gasteiger partial charge in [-0.15, -0.1) is 0 Å². The molecular formula is C19H19N3OS. The first-order valence-electron chi connectivity index (χ1n) is 7.80. The standard InChI is InChI=1S/C19H19N3OS/c1-13-6-5-7-15(10-13)11-20-18(23)12-24-19-14(2)21-16-8-3-4-9-17(16)22-19/h3-10H,11-12H2,1-2H3,(H,20,23). The third kappa shape index (κ3) is 4.11. The lowest BCUT2D eigenvalue weighted by Crippen LogP contribution is -2.24. The Hall–Kier alpha value is -2.40. The van der Waals surface area contributed by atoms with Crippen molar-refractivity contribution in [3.05, 3.63) is 65.4 Å². The number of para-hydroxylation sites is 2. The summed E-state index contributed by atoms with van der Waals surface area (Å²) in [6, 6.07) is 15.9. The first kappa shape index (κ1) is 16.5. The Morgan fingerprint density at radius 2 is 1.79 bits per heavy atom. The fraction of sp³-hybridized carbons (Fsp3) is 0.211. The molecule has 3 aromatic rings. The summed E-state index contributed by atoms with van der Waals surface area (Å²) in [6.07, 6.45) is 0. The molecule has 0 radical (unpaired) electrons. The molecule has 24 heavy (non-hydrogen) atoms. The van der Waals surface area contributed by atoms with Crippen LogP contribution in [0.3, 0.4) is 0 Å². The number of hydrogen-bond donors (Lipinski definition) is 1. The molecule has 0 bridgehead atoms. The second-order valence-electron chi connectivity index (χ2n) is 5.66. The summed E-state index contributed by atoms with van der Waals surface area (Å²) in [5.41, 5.74) is 4.88. The molecule has 0 aliphatic rings. The summed E-state index contributed by atoms with van der Waals surface area (Å²) in [5, 5.41) is 3.75. The monoisotopic (exact) mass is 337 g/mol. The Morgan fingerprint density at radius 3 is 2.54 bits per heavy atom. The van der Waals surface area contributed by atoms with Crippen molar-refractivity contribution in [2.24, 2.45) is 0 Å². The maximum Gasteiger partial charge on any atom is 0.230 e. The van der Waals surface area contributed by atoms with E-state index in [1.165, 1.54) is 17.3 Å². The molecule has 1 heterocycles. The fourth-order valence-electron chi connectivity index (χ4n) is 2.42. The number of aromatic nitrogens is 2. The van der Waals surface area contributed by atoms with E-state index in [0.29, 0.717) is 12.3 Å². The maximum atomic E-state index is 12.1. The zero-order valence-electron chi connectivity index (χ0n) is 13.7. The highest BCUT2D eigenvalue weighted by atomic mass is 32.2. The lowest BCUT2D eigenvalue weighted by Gasteiger charge is -2.08. The number of aryl methyl sites for hydroxylation is 2. The molecule has 0 aliphatic heterocycles.